The number of carbonyl (C=O) groups is 1. The molecule has 19 heavy (non-hydrogen) atoms. The highest BCUT2D eigenvalue weighted by Gasteiger charge is 2.34. The first-order valence-electron chi connectivity index (χ1n) is 7.04. The topological polar surface area (TPSA) is 80.1 Å². The van der Waals surface area contributed by atoms with Gasteiger partial charge in [-0.15, -0.1) is 0 Å². The van der Waals surface area contributed by atoms with E-state index in [9.17, 15) is 9.90 Å². The van der Waals surface area contributed by atoms with Gasteiger partial charge < -0.3 is 10.8 Å². The number of aliphatic carboxylic acids is 1. The van der Waals surface area contributed by atoms with Crippen molar-refractivity contribution in [2.75, 3.05) is 5.73 Å². The maximum absolute atomic E-state index is 11.4. The smallest absolute Gasteiger partial charge is 0.376 e. The number of hydrogen-bond donors (Lipinski definition) is 2. The summed E-state index contributed by atoms with van der Waals surface area (Å²) in [6.45, 7) is 1.86. The van der Waals surface area contributed by atoms with Gasteiger partial charge in [-0.1, -0.05) is 30.9 Å². The van der Waals surface area contributed by atoms with Gasteiger partial charge in [0.2, 0.25) is 5.69 Å². The Bertz CT molecular complexity index is 456. The van der Waals surface area contributed by atoms with Crippen LogP contribution in [0.1, 0.15) is 63.1 Å². The number of nitrogen functional groups attached to an aromatic ring is 1. The summed E-state index contributed by atoms with van der Waals surface area (Å²) in [5.74, 6) is -0.0582. The molecule has 5 nitrogen and oxygen atoms in total. The number of nitrogens with two attached hydrogens (primary N) is 1. The molecule has 1 aliphatic rings. The van der Waals surface area contributed by atoms with Crippen molar-refractivity contribution in [3.63, 3.8) is 0 Å². The van der Waals surface area contributed by atoms with Crippen LogP contribution in [0.15, 0.2) is 12.1 Å². The highest BCUT2D eigenvalue weighted by molar-refractivity contribution is 5.69. The molecule has 2 rings (SSSR count). The van der Waals surface area contributed by atoms with Crippen LogP contribution in [-0.2, 0) is 4.79 Å². The number of hydrogen-bond acceptors (Lipinski definition) is 3. The molecule has 0 spiro atoms. The first kappa shape index (κ1) is 13.8. The fourth-order valence-corrected chi connectivity index (χ4v) is 2.89. The molecule has 104 valence electrons. The maximum atomic E-state index is 11.4. The largest absolute Gasteiger partial charge is 0.476 e. The highest BCUT2D eigenvalue weighted by atomic mass is 16.4. The van der Waals surface area contributed by atoms with Gasteiger partial charge in [0.25, 0.3) is 6.04 Å². The molecule has 1 saturated carbocycles. The minimum atomic E-state index is -0.845. The Morgan fingerprint density at radius 3 is 2.74 bits per heavy atom. The normalized spacial score (nSPS) is 18.2. The summed E-state index contributed by atoms with van der Waals surface area (Å²) in [6.07, 6.45) is 6.42. The van der Waals surface area contributed by atoms with Crippen molar-refractivity contribution in [3.05, 3.63) is 17.8 Å². The zero-order chi connectivity index (χ0) is 13.8. The molecule has 0 amide bonds. The van der Waals surface area contributed by atoms with E-state index in [-0.39, 0.29) is 0 Å². The lowest BCUT2D eigenvalue weighted by molar-refractivity contribution is -0.772. The molecule has 0 radical (unpaired) electrons. The van der Waals surface area contributed by atoms with Gasteiger partial charge in [-0.3, -0.25) is 0 Å². The van der Waals surface area contributed by atoms with Gasteiger partial charge in [-0.2, -0.15) is 0 Å². The van der Waals surface area contributed by atoms with Crippen LogP contribution in [0.3, 0.4) is 0 Å². The van der Waals surface area contributed by atoms with E-state index in [1.807, 2.05) is 13.0 Å². The van der Waals surface area contributed by atoms with Crippen molar-refractivity contribution in [3.8, 4) is 0 Å². The second kappa shape index (κ2) is 5.99. The summed E-state index contributed by atoms with van der Waals surface area (Å²) < 4.78 is 1.63. The summed E-state index contributed by atoms with van der Waals surface area (Å²) >= 11 is 0. The average Bonchev–Trinajstić information content (AvgIpc) is 2.40. The van der Waals surface area contributed by atoms with Crippen LogP contribution in [0, 0.1) is 0 Å². The molecule has 5 heteroatoms. The van der Waals surface area contributed by atoms with Crippen LogP contribution >= 0.6 is 0 Å². The number of carboxylic acids is 1. The van der Waals surface area contributed by atoms with Gasteiger partial charge in [-0.25, -0.2) is 4.79 Å². The monoisotopic (exact) mass is 264 g/mol. The summed E-state index contributed by atoms with van der Waals surface area (Å²) in [7, 11) is 0. The molecule has 1 aliphatic carbocycles. The molecule has 1 heterocycles. The molecule has 1 unspecified atom stereocenters. The standard InChI is InChI=1S/C14H21N3O2/c1-2-11(14(18)19)17-12(8-9-13(15)16-17)10-6-4-3-5-7-10/h8-11H,2-7H2,1H3,(H2-,15,16,18,19)/p+1. The summed E-state index contributed by atoms with van der Waals surface area (Å²) in [5, 5.41) is 13.6. The molecule has 3 N–H and O–H groups in total. The second-order valence-corrected chi connectivity index (χ2v) is 5.22. The Hall–Kier alpha value is -1.65. The van der Waals surface area contributed by atoms with Crippen LogP contribution in [-0.4, -0.2) is 16.2 Å². The Kier molecular flexibility index (Phi) is 4.35. The Morgan fingerprint density at radius 2 is 2.16 bits per heavy atom. The molecule has 0 saturated heterocycles. The third-order valence-electron chi connectivity index (χ3n) is 3.90. The predicted octanol–water partition coefficient (Wildman–Crippen LogP) is 2.03. The van der Waals surface area contributed by atoms with Crippen LogP contribution in [0.25, 0.3) is 0 Å². The van der Waals surface area contributed by atoms with E-state index < -0.39 is 12.0 Å². The Labute approximate surface area is 113 Å². The molecule has 0 bridgehead atoms. The van der Waals surface area contributed by atoms with E-state index in [2.05, 4.69) is 5.10 Å². The zero-order valence-corrected chi connectivity index (χ0v) is 11.4. The van der Waals surface area contributed by atoms with Gasteiger partial charge in [0.15, 0.2) is 5.82 Å². The fraction of sp³-hybridized carbons (Fsp3) is 0.643. The predicted molar refractivity (Wildman–Crippen MR) is 71.6 cm³/mol. The van der Waals surface area contributed by atoms with Gasteiger partial charge in [-0.05, 0) is 18.9 Å². The lowest BCUT2D eigenvalue weighted by Gasteiger charge is -2.20. The number of rotatable bonds is 4. The van der Waals surface area contributed by atoms with Crippen LogP contribution in [0.4, 0.5) is 5.82 Å². The Balaban J connectivity index is 2.39. The molecule has 0 aliphatic heterocycles. The number of nitrogens with zero attached hydrogens (tertiary/aromatic N) is 2. The van der Waals surface area contributed by atoms with Gasteiger partial charge in [0, 0.05) is 23.5 Å². The molecular formula is C14H22N3O2+. The third kappa shape index (κ3) is 3.03. The lowest BCUT2D eigenvalue weighted by Crippen LogP contribution is -2.51. The average molecular weight is 264 g/mol. The van der Waals surface area contributed by atoms with E-state index in [0.717, 1.165) is 18.5 Å². The molecule has 1 atom stereocenters. The SMILES string of the molecule is CCC(C(=O)O)[n+]1nc(N)ccc1C1CCCCC1. The van der Waals surface area contributed by atoms with Gasteiger partial charge in [0.1, 0.15) is 0 Å². The first-order valence-corrected chi connectivity index (χ1v) is 7.04. The number of aromatic nitrogens is 2. The van der Waals surface area contributed by atoms with E-state index in [1.165, 1.54) is 19.3 Å². The molecule has 0 aromatic carbocycles. The molecule has 1 fully saturated rings. The Morgan fingerprint density at radius 1 is 1.47 bits per heavy atom. The molecular weight excluding hydrogens is 242 g/mol. The van der Waals surface area contributed by atoms with Crippen LogP contribution in [0.5, 0.6) is 0 Å². The highest BCUT2D eigenvalue weighted by Crippen LogP contribution is 2.31. The zero-order valence-electron chi connectivity index (χ0n) is 11.4. The summed E-state index contributed by atoms with van der Waals surface area (Å²) in [5.41, 5.74) is 6.74. The van der Waals surface area contributed by atoms with Crippen LogP contribution < -0.4 is 10.4 Å². The van der Waals surface area contributed by atoms with Crippen molar-refractivity contribution in [1.82, 2.24) is 5.10 Å². The van der Waals surface area contributed by atoms with E-state index in [4.69, 9.17) is 5.73 Å². The van der Waals surface area contributed by atoms with Gasteiger partial charge >= 0.3 is 5.97 Å². The van der Waals surface area contributed by atoms with Crippen molar-refractivity contribution >= 4 is 11.8 Å². The summed E-state index contributed by atoms with van der Waals surface area (Å²) in [6, 6.07) is 3.10. The van der Waals surface area contributed by atoms with Crippen molar-refractivity contribution < 1.29 is 14.6 Å². The van der Waals surface area contributed by atoms with E-state index in [1.54, 1.807) is 10.7 Å². The van der Waals surface area contributed by atoms with E-state index >= 15 is 0 Å². The van der Waals surface area contributed by atoms with E-state index in [0.29, 0.717) is 18.2 Å². The maximum Gasteiger partial charge on any atom is 0.376 e. The van der Waals surface area contributed by atoms with Crippen LogP contribution in [0.2, 0.25) is 0 Å². The summed E-state index contributed by atoms with van der Waals surface area (Å²) in [4.78, 5) is 11.4. The van der Waals surface area contributed by atoms with Crippen molar-refractivity contribution in [2.24, 2.45) is 0 Å². The molecule has 1 aromatic heterocycles. The lowest BCUT2D eigenvalue weighted by atomic mass is 9.86. The number of carboxylic acid groups (broad SMARTS) is 1. The minimum Gasteiger partial charge on any atom is -0.476 e. The van der Waals surface area contributed by atoms with Crippen molar-refractivity contribution in [2.45, 2.75) is 57.4 Å². The quantitative estimate of drug-likeness (QED) is 0.815. The van der Waals surface area contributed by atoms with Crippen molar-refractivity contribution in [1.29, 1.82) is 0 Å². The fourth-order valence-electron chi connectivity index (χ4n) is 2.89. The number of anilines is 1. The van der Waals surface area contributed by atoms with Gasteiger partial charge in [0.05, 0.1) is 0 Å². The minimum absolute atomic E-state index is 0.374. The molecule has 1 aromatic rings. The second-order valence-electron chi connectivity index (χ2n) is 5.22. The third-order valence-corrected chi connectivity index (χ3v) is 3.90. The first-order chi connectivity index (χ1) is 9.13.